The minimum atomic E-state index is -0.643. The first-order valence-corrected chi connectivity index (χ1v) is 9.99. The minimum Gasteiger partial charge on any atom is -0.390 e. The molecule has 3 heterocycles. The first-order valence-electron chi connectivity index (χ1n) is 9.99. The van der Waals surface area contributed by atoms with Crippen molar-refractivity contribution in [2.45, 2.75) is 102 Å². The van der Waals surface area contributed by atoms with E-state index < -0.39 is 23.3 Å². The Balaban J connectivity index is 1.64. The van der Waals surface area contributed by atoms with E-state index in [0.29, 0.717) is 0 Å². The standard InChI is InChI=1S/C21H34O4/c1-4-17(5-2)9-10-18(22)19(3)14-15-21(24-19)13-8-12-20(25-21)11-6-7-16-23-20/h4,8,12,18,22H,5-7,9-11,13-16H2,1-3H3/b17-4+/t18-,19+,20-,21-/m1/s1. The second-order valence-corrected chi connectivity index (χ2v) is 8.01. The number of aliphatic hydroxyl groups excluding tert-OH is 1. The summed E-state index contributed by atoms with van der Waals surface area (Å²) in [6.45, 7) is 7.00. The number of aliphatic hydroxyl groups is 1. The van der Waals surface area contributed by atoms with Crippen molar-refractivity contribution in [1.29, 1.82) is 0 Å². The first-order chi connectivity index (χ1) is 11.9. The van der Waals surface area contributed by atoms with Crippen LogP contribution in [0.5, 0.6) is 0 Å². The molecular weight excluding hydrogens is 316 g/mol. The fourth-order valence-corrected chi connectivity index (χ4v) is 4.38. The van der Waals surface area contributed by atoms with Gasteiger partial charge >= 0.3 is 0 Å². The fraction of sp³-hybridized carbons (Fsp3) is 0.810. The van der Waals surface area contributed by atoms with E-state index in [4.69, 9.17) is 14.2 Å². The van der Waals surface area contributed by atoms with Gasteiger partial charge in [-0.3, -0.25) is 0 Å². The van der Waals surface area contributed by atoms with Gasteiger partial charge in [-0.1, -0.05) is 24.6 Å². The van der Waals surface area contributed by atoms with Crippen LogP contribution in [-0.2, 0) is 14.2 Å². The Labute approximate surface area is 152 Å². The molecular formula is C21H34O4. The van der Waals surface area contributed by atoms with E-state index in [9.17, 15) is 5.11 Å². The summed E-state index contributed by atoms with van der Waals surface area (Å²) >= 11 is 0. The highest BCUT2D eigenvalue weighted by Crippen LogP contribution is 2.49. The molecule has 2 fully saturated rings. The molecule has 4 nitrogen and oxygen atoms in total. The van der Waals surface area contributed by atoms with Crippen LogP contribution in [0.3, 0.4) is 0 Å². The second kappa shape index (κ2) is 7.51. The zero-order valence-electron chi connectivity index (χ0n) is 16.1. The Morgan fingerprint density at radius 3 is 2.76 bits per heavy atom. The summed E-state index contributed by atoms with van der Waals surface area (Å²) in [7, 11) is 0. The van der Waals surface area contributed by atoms with Crippen molar-refractivity contribution in [1.82, 2.24) is 0 Å². The Morgan fingerprint density at radius 2 is 2.08 bits per heavy atom. The number of allylic oxidation sites excluding steroid dienone is 2. The van der Waals surface area contributed by atoms with Gasteiger partial charge in [0.1, 0.15) is 0 Å². The van der Waals surface area contributed by atoms with Gasteiger partial charge in [0, 0.05) is 19.3 Å². The molecule has 0 unspecified atom stereocenters. The summed E-state index contributed by atoms with van der Waals surface area (Å²) < 4.78 is 18.8. The van der Waals surface area contributed by atoms with Gasteiger partial charge in [-0.2, -0.15) is 0 Å². The van der Waals surface area contributed by atoms with Crippen LogP contribution in [0.4, 0.5) is 0 Å². The van der Waals surface area contributed by atoms with E-state index in [1.807, 2.05) is 6.92 Å². The van der Waals surface area contributed by atoms with Crippen molar-refractivity contribution in [3.05, 3.63) is 23.8 Å². The predicted molar refractivity (Wildman–Crippen MR) is 98.1 cm³/mol. The lowest BCUT2D eigenvalue weighted by Gasteiger charge is -2.45. The number of hydrogen-bond acceptors (Lipinski definition) is 4. The number of hydrogen-bond donors (Lipinski definition) is 1. The third-order valence-corrected chi connectivity index (χ3v) is 6.15. The Kier molecular flexibility index (Phi) is 5.74. The highest BCUT2D eigenvalue weighted by Gasteiger charge is 2.55. The smallest absolute Gasteiger partial charge is 0.191 e. The van der Waals surface area contributed by atoms with Gasteiger partial charge in [-0.05, 0) is 58.4 Å². The predicted octanol–water partition coefficient (Wildman–Crippen LogP) is 4.62. The molecule has 4 atom stereocenters. The molecule has 0 aromatic rings. The Morgan fingerprint density at radius 1 is 1.24 bits per heavy atom. The molecule has 0 amide bonds. The Bertz CT molecular complexity index is 520. The SMILES string of the molecule is C/C=C(\CC)CC[C@@H](O)[C@]1(C)CC[C@]2(CC=C[C@@]3(CCCCO3)O2)O1. The van der Waals surface area contributed by atoms with E-state index in [1.54, 1.807) is 0 Å². The van der Waals surface area contributed by atoms with E-state index in [-0.39, 0.29) is 0 Å². The molecule has 0 saturated carbocycles. The maximum Gasteiger partial charge on any atom is 0.191 e. The van der Waals surface area contributed by atoms with Crippen molar-refractivity contribution < 1.29 is 19.3 Å². The van der Waals surface area contributed by atoms with Crippen LogP contribution in [0.1, 0.15) is 78.6 Å². The second-order valence-electron chi connectivity index (χ2n) is 8.01. The average molecular weight is 350 g/mol. The summed E-state index contributed by atoms with van der Waals surface area (Å²) in [5, 5.41) is 10.8. The Hall–Kier alpha value is -0.680. The van der Waals surface area contributed by atoms with Crippen molar-refractivity contribution in [2.75, 3.05) is 6.61 Å². The van der Waals surface area contributed by atoms with Crippen LogP contribution in [0.25, 0.3) is 0 Å². The largest absolute Gasteiger partial charge is 0.390 e. The third kappa shape index (κ3) is 4.02. The first kappa shape index (κ1) is 19.1. The van der Waals surface area contributed by atoms with E-state index in [2.05, 4.69) is 32.1 Å². The van der Waals surface area contributed by atoms with Gasteiger partial charge in [0.2, 0.25) is 0 Å². The van der Waals surface area contributed by atoms with Crippen LogP contribution in [0, 0.1) is 0 Å². The zero-order chi connectivity index (χ0) is 18.0. The quantitative estimate of drug-likeness (QED) is 0.735. The molecule has 142 valence electrons. The zero-order valence-corrected chi connectivity index (χ0v) is 16.1. The number of rotatable bonds is 5. The van der Waals surface area contributed by atoms with Gasteiger partial charge in [0.25, 0.3) is 0 Å². The molecule has 3 rings (SSSR count). The fourth-order valence-electron chi connectivity index (χ4n) is 4.38. The van der Waals surface area contributed by atoms with Crippen molar-refractivity contribution in [3.8, 4) is 0 Å². The maximum absolute atomic E-state index is 10.8. The van der Waals surface area contributed by atoms with E-state index in [1.165, 1.54) is 5.57 Å². The summed E-state index contributed by atoms with van der Waals surface area (Å²) in [6, 6.07) is 0. The van der Waals surface area contributed by atoms with Gasteiger partial charge in [0.15, 0.2) is 11.6 Å². The molecule has 4 heteroatoms. The van der Waals surface area contributed by atoms with Gasteiger partial charge in [-0.25, -0.2) is 0 Å². The minimum absolute atomic E-state index is 0.480. The van der Waals surface area contributed by atoms with Gasteiger partial charge < -0.3 is 19.3 Å². The molecule has 3 aliphatic rings. The topological polar surface area (TPSA) is 47.9 Å². The molecule has 0 radical (unpaired) electrons. The molecule has 25 heavy (non-hydrogen) atoms. The summed E-state index contributed by atoms with van der Waals surface area (Å²) in [6.07, 6.45) is 14.0. The van der Waals surface area contributed by atoms with Gasteiger partial charge in [0.05, 0.1) is 18.3 Å². The third-order valence-electron chi connectivity index (χ3n) is 6.15. The van der Waals surface area contributed by atoms with Crippen LogP contribution >= 0.6 is 0 Å². The van der Waals surface area contributed by atoms with E-state index in [0.717, 1.165) is 64.4 Å². The lowest BCUT2D eigenvalue weighted by atomic mass is 9.90. The van der Waals surface area contributed by atoms with Crippen LogP contribution in [0.15, 0.2) is 23.8 Å². The highest BCUT2D eigenvalue weighted by molar-refractivity contribution is 5.09. The summed E-state index contributed by atoms with van der Waals surface area (Å²) in [5.74, 6) is -1.26. The lowest BCUT2D eigenvalue weighted by Crippen LogP contribution is -2.51. The average Bonchev–Trinajstić information content (AvgIpc) is 2.93. The van der Waals surface area contributed by atoms with Crippen molar-refractivity contribution in [3.63, 3.8) is 0 Å². The monoisotopic (exact) mass is 350 g/mol. The van der Waals surface area contributed by atoms with Crippen LogP contribution < -0.4 is 0 Å². The highest BCUT2D eigenvalue weighted by atomic mass is 16.8. The molecule has 2 spiro atoms. The van der Waals surface area contributed by atoms with Crippen LogP contribution in [0.2, 0.25) is 0 Å². The molecule has 0 aromatic heterocycles. The molecule has 0 aliphatic carbocycles. The van der Waals surface area contributed by atoms with Crippen molar-refractivity contribution >= 4 is 0 Å². The molecule has 1 N–H and O–H groups in total. The molecule has 0 bridgehead atoms. The van der Waals surface area contributed by atoms with Crippen molar-refractivity contribution in [2.24, 2.45) is 0 Å². The molecule has 3 aliphatic heterocycles. The normalized spacial score (nSPS) is 40.1. The molecule has 0 aromatic carbocycles. The number of ether oxygens (including phenoxy) is 3. The lowest BCUT2D eigenvalue weighted by molar-refractivity contribution is -0.361. The van der Waals surface area contributed by atoms with E-state index >= 15 is 0 Å². The van der Waals surface area contributed by atoms with Gasteiger partial charge in [-0.15, -0.1) is 0 Å². The summed E-state index contributed by atoms with van der Waals surface area (Å²) in [5.41, 5.74) is 0.843. The van der Waals surface area contributed by atoms with Crippen LogP contribution in [-0.4, -0.2) is 35.0 Å². The summed E-state index contributed by atoms with van der Waals surface area (Å²) in [4.78, 5) is 0. The molecule has 2 saturated heterocycles. The maximum atomic E-state index is 10.8.